The lowest BCUT2D eigenvalue weighted by Crippen LogP contribution is -2.63. The van der Waals surface area contributed by atoms with Gasteiger partial charge >= 0.3 is 0 Å². The third-order valence-electron chi connectivity index (χ3n) is 24.0. The number of carbonyl (C=O) groups is 5. The maximum absolute atomic E-state index is 12.4. The topological polar surface area (TPSA) is 207 Å². The predicted octanol–water partition coefficient (Wildman–Crippen LogP) is 7.69. The van der Waals surface area contributed by atoms with Gasteiger partial charge in [0, 0.05) is 48.3 Å². The lowest BCUT2D eigenvalue weighted by Gasteiger charge is -2.61. The Labute approximate surface area is 415 Å². The molecule has 0 aliphatic heterocycles. The Kier molecular flexibility index (Phi) is 12.7. The zero-order valence-corrected chi connectivity index (χ0v) is 43.0. The first-order chi connectivity index (χ1) is 32.9. The minimum absolute atomic E-state index is 0.0385. The second-order valence-corrected chi connectivity index (χ2v) is 26.8. The van der Waals surface area contributed by atoms with E-state index < -0.39 is 42.0 Å². The second kappa shape index (κ2) is 17.5. The third-order valence-corrected chi connectivity index (χ3v) is 24.0. The molecule has 1 unspecified atom stereocenters. The number of Topliss-reactive ketones (excluding diaryl/α,β-unsaturated/α-hetero) is 2. The average molecular weight is 969 g/mol. The molecule has 20 atom stereocenters. The fraction of sp³-hybridized carbons (Fsp3) is 0.814. The minimum Gasteiger partial charge on any atom is -0.394 e. The normalized spacial score (nSPS) is 51.3. The van der Waals surface area contributed by atoms with Gasteiger partial charge in [-0.15, -0.1) is 0 Å². The van der Waals surface area contributed by atoms with Gasteiger partial charge in [0.25, 0.3) is 0 Å². The van der Waals surface area contributed by atoms with Crippen molar-refractivity contribution in [1.82, 2.24) is 0 Å². The van der Waals surface area contributed by atoms with Gasteiger partial charge < -0.3 is 30.6 Å². The van der Waals surface area contributed by atoms with Crippen LogP contribution in [0.1, 0.15) is 176 Å². The molecule has 9 saturated carbocycles. The Morgan fingerprint density at radius 2 is 0.829 bits per heavy atom. The molecule has 0 aromatic rings. The zero-order chi connectivity index (χ0) is 50.3. The van der Waals surface area contributed by atoms with Crippen molar-refractivity contribution in [3.05, 3.63) is 34.9 Å². The Morgan fingerprint density at radius 3 is 1.20 bits per heavy atom. The maximum Gasteiger partial charge on any atom is 0.155 e. The molecular weight excluding hydrogens is 885 g/mol. The van der Waals surface area contributed by atoms with E-state index in [0.29, 0.717) is 93.0 Å². The van der Waals surface area contributed by atoms with Crippen molar-refractivity contribution in [3.8, 4) is 0 Å². The second-order valence-electron chi connectivity index (χ2n) is 26.8. The summed E-state index contributed by atoms with van der Waals surface area (Å²) in [7, 11) is 0. The molecule has 0 heterocycles. The smallest absolute Gasteiger partial charge is 0.155 e. The van der Waals surface area contributed by atoms with Gasteiger partial charge in [0.1, 0.15) is 17.7 Å². The van der Waals surface area contributed by atoms with Gasteiger partial charge in [-0.25, -0.2) is 0 Å². The van der Waals surface area contributed by atoms with Crippen LogP contribution in [-0.2, 0) is 24.0 Å². The van der Waals surface area contributed by atoms with Gasteiger partial charge in [0.2, 0.25) is 0 Å². The van der Waals surface area contributed by atoms with E-state index >= 15 is 0 Å². The molecule has 70 heavy (non-hydrogen) atoms. The first kappa shape index (κ1) is 50.8. The van der Waals surface area contributed by atoms with Crippen LogP contribution < -0.4 is 0 Å². The Balaban J connectivity index is 0.000000122. The largest absolute Gasteiger partial charge is 0.394 e. The molecule has 12 aliphatic carbocycles. The minimum atomic E-state index is -1.35. The molecule has 0 aromatic carbocycles. The van der Waals surface area contributed by atoms with Crippen LogP contribution in [0.3, 0.4) is 0 Å². The molecular formula is C59H84O11. The highest BCUT2D eigenvalue weighted by molar-refractivity contribution is 5.93. The third kappa shape index (κ3) is 7.31. The van der Waals surface area contributed by atoms with E-state index in [1.807, 2.05) is 25.2 Å². The Hall–Kier alpha value is -2.67. The van der Waals surface area contributed by atoms with Gasteiger partial charge in [-0.05, 0) is 190 Å². The zero-order valence-electron chi connectivity index (χ0n) is 43.0. The number of aliphatic hydroxyl groups excluding tert-OH is 5. The first-order valence-corrected chi connectivity index (χ1v) is 27.7. The van der Waals surface area contributed by atoms with E-state index in [4.69, 9.17) is 0 Å². The van der Waals surface area contributed by atoms with Crippen molar-refractivity contribution >= 4 is 28.9 Å². The molecule has 12 rings (SSSR count). The highest BCUT2D eigenvalue weighted by Crippen LogP contribution is 2.69. The van der Waals surface area contributed by atoms with Crippen molar-refractivity contribution in [3.63, 3.8) is 0 Å². The van der Waals surface area contributed by atoms with Gasteiger partial charge in [-0.1, -0.05) is 58.3 Å². The monoisotopic (exact) mass is 969 g/mol. The van der Waals surface area contributed by atoms with E-state index in [9.17, 15) is 54.6 Å². The van der Waals surface area contributed by atoms with Crippen LogP contribution in [0.15, 0.2) is 34.9 Å². The molecule has 386 valence electrons. The van der Waals surface area contributed by atoms with Crippen LogP contribution in [0.2, 0.25) is 0 Å². The van der Waals surface area contributed by atoms with Crippen molar-refractivity contribution in [2.24, 2.45) is 85.8 Å². The van der Waals surface area contributed by atoms with Gasteiger partial charge in [0.15, 0.2) is 17.3 Å². The SMILES string of the molecule is C[C@]12CCC(=O)C=C1CC[C@@H]1[C@@H]2[C@@H](O)C[C@@]2(C)[C@H]1CC[C@]2(O)C(O)CO.C[C@]12CCC(=O)C=C1CC[C@@H]1[C@@H]2[C@@H](O)C[C@]2(C)C(=O)CC[C@@H]12.C[C@]12CCC(=O)C=C1CC[C@@H]1[C@@H]2[C@@H](O)C[C@]2(C)C(=O)CC[C@@H]12. The summed E-state index contributed by atoms with van der Waals surface area (Å²) in [4.78, 5) is 60.3. The summed E-state index contributed by atoms with van der Waals surface area (Å²) in [5.74, 6) is 4.22. The van der Waals surface area contributed by atoms with Crippen LogP contribution in [0.4, 0.5) is 0 Å². The van der Waals surface area contributed by atoms with Crippen LogP contribution in [-0.4, -0.2) is 96.2 Å². The van der Waals surface area contributed by atoms with E-state index in [0.717, 1.165) is 77.0 Å². The van der Waals surface area contributed by atoms with Crippen molar-refractivity contribution < 1.29 is 54.6 Å². The van der Waals surface area contributed by atoms with Crippen LogP contribution >= 0.6 is 0 Å². The molecule has 0 aromatic heterocycles. The number of carbonyl (C=O) groups excluding carboxylic acids is 5. The average Bonchev–Trinajstić information content (AvgIpc) is 3.88. The highest BCUT2D eigenvalue weighted by Gasteiger charge is 2.69. The summed E-state index contributed by atoms with van der Waals surface area (Å²) in [5, 5.41) is 64.2. The summed E-state index contributed by atoms with van der Waals surface area (Å²) in [6.45, 7) is 12.4. The van der Waals surface area contributed by atoms with Crippen molar-refractivity contribution in [1.29, 1.82) is 0 Å². The number of hydrogen-bond acceptors (Lipinski definition) is 11. The number of allylic oxidation sites excluding steroid dienone is 3. The van der Waals surface area contributed by atoms with E-state index in [-0.39, 0.29) is 74.0 Å². The lowest BCUT2D eigenvalue weighted by atomic mass is 9.45. The molecule has 11 heteroatoms. The summed E-state index contributed by atoms with van der Waals surface area (Å²) < 4.78 is 0. The molecule has 0 spiro atoms. The first-order valence-electron chi connectivity index (χ1n) is 27.7. The van der Waals surface area contributed by atoms with Crippen LogP contribution in [0.5, 0.6) is 0 Å². The fourth-order valence-electron chi connectivity index (χ4n) is 20.3. The van der Waals surface area contributed by atoms with Crippen LogP contribution in [0.25, 0.3) is 0 Å². The molecule has 0 amide bonds. The standard InChI is InChI=1S/C21H32O5.2C19H26O3/c1-19-7-5-13(23)9-12(19)3-4-14-15-6-8-21(26,17(25)11-22)20(15,2)10-16(24)18(14)19;2*1-18-8-7-12(20)9-11(18)3-4-13-14-5-6-16(22)19(14,2)10-15(21)17(13)18/h9,14-18,22,24-26H,3-8,10-11H2,1-2H3;2*9,13-15,17,21H,3-8,10H2,1-2H3/t14-,15-,16-,17?,18+,19-,20-,21-;2*13-,14-,15-,17+,18-,19-/m000/s1. The molecule has 0 saturated heterocycles. The predicted molar refractivity (Wildman–Crippen MR) is 262 cm³/mol. The molecule has 11 nitrogen and oxygen atoms in total. The van der Waals surface area contributed by atoms with Gasteiger partial charge in [-0.2, -0.15) is 0 Å². The lowest BCUT2D eigenvalue weighted by molar-refractivity contribution is -0.207. The van der Waals surface area contributed by atoms with Gasteiger partial charge in [0.05, 0.1) is 30.5 Å². The highest BCUT2D eigenvalue weighted by atomic mass is 16.4. The van der Waals surface area contributed by atoms with E-state index in [2.05, 4.69) is 34.6 Å². The number of ketones is 5. The molecule has 9 fully saturated rings. The summed E-state index contributed by atoms with van der Waals surface area (Å²) in [6, 6.07) is 0. The quantitative estimate of drug-likeness (QED) is 0.158. The number of aliphatic hydroxyl groups is 6. The molecule has 0 bridgehead atoms. The Morgan fingerprint density at radius 1 is 0.471 bits per heavy atom. The molecule has 6 N–H and O–H groups in total. The number of fused-ring (bicyclic) bond motifs is 15. The fourth-order valence-corrected chi connectivity index (χ4v) is 20.3. The van der Waals surface area contributed by atoms with Crippen LogP contribution in [0, 0.1) is 85.8 Å². The summed E-state index contributed by atoms with van der Waals surface area (Å²) in [5.41, 5.74) is 0.941. The number of rotatable bonds is 2. The maximum atomic E-state index is 12.4. The Bertz CT molecular complexity index is 2190. The van der Waals surface area contributed by atoms with Gasteiger partial charge in [-0.3, -0.25) is 24.0 Å². The van der Waals surface area contributed by atoms with E-state index in [1.165, 1.54) is 16.7 Å². The van der Waals surface area contributed by atoms with Crippen molar-refractivity contribution in [2.75, 3.05) is 6.61 Å². The van der Waals surface area contributed by atoms with E-state index in [1.54, 1.807) is 0 Å². The molecule has 12 aliphatic rings. The summed E-state index contributed by atoms with van der Waals surface area (Å²) in [6.07, 6.45) is 19.4. The molecule has 0 radical (unpaired) electrons. The number of hydrogen-bond donors (Lipinski definition) is 6. The van der Waals surface area contributed by atoms with Crippen molar-refractivity contribution in [2.45, 2.75) is 206 Å². The summed E-state index contributed by atoms with van der Waals surface area (Å²) >= 11 is 0.